The van der Waals surface area contributed by atoms with E-state index >= 15 is 0 Å². The van der Waals surface area contributed by atoms with Crippen LogP contribution in [0.5, 0.6) is 0 Å². The Bertz CT molecular complexity index is 1510. The van der Waals surface area contributed by atoms with Crippen molar-refractivity contribution in [2.45, 2.75) is 33.1 Å². The summed E-state index contributed by atoms with van der Waals surface area (Å²) < 4.78 is 11.3. The Morgan fingerprint density at radius 3 is 2.59 bits per heavy atom. The van der Waals surface area contributed by atoms with Crippen LogP contribution in [0, 0.1) is 11.3 Å². The van der Waals surface area contributed by atoms with E-state index in [4.69, 9.17) is 20.8 Å². The Kier molecular flexibility index (Phi) is 8.80. The lowest BCUT2D eigenvalue weighted by Crippen LogP contribution is -2.43. The Balaban J connectivity index is 1.60. The van der Waals surface area contributed by atoms with Crippen LogP contribution in [0.15, 0.2) is 81.8 Å². The smallest absolute Gasteiger partial charge is 0.339 e. The van der Waals surface area contributed by atoms with Crippen molar-refractivity contribution in [3.8, 4) is 17.4 Å². The molecule has 0 aliphatic carbocycles. The molecule has 198 valence electrons. The molecule has 1 aromatic heterocycles. The number of nitriles is 1. The molecular formula is C31H27ClN2O5. The normalized spacial score (nSPS) is 14.6. The second kappa shape index (κ2) is 12.4. The van der Waals surface area contributed by atoms with Crippen LogP contribution in [0.25, 0.3) is 17.4 Å². The summed E-state index contributed by atoms with van der Waals surface area (Å²) >= 11 is 6.23. The third-order valence-electron chi connectivity index (χ3n) is 6.41. The molecule has 2 aromatic carbocycles. The van der Waals surface area contributed by atoms with E-state index in [2.05, 4.69) is 0 Å². The maximum Gasteiger partial charge on any atom is 0.339 e. The first kappa shape index (κ1) is 27.6. The summed E-state index contributed by atoms with van der Waals surface area (Å²) in [7, 11) is 0. The first-order chi connectivity index (χ1) is 18.8. The van der Waals surface area contributed by atoms with Gasteiger partial charge in [0.05, 0.1) is 17.2 Å². The fraction of sp³-hybridized carbons (Fsp3) is 0.226. The summed E-state index contributed by atoms with van der Waals surface area (Å²) in [4.78, 5) is 39.8. The van der Waals surface area contributed by atoms with Gasteiger partial charge in [-0.1, -0.05) is 55.3 Å². The molecule has 0 saturated heterocycles. The average Bonchev–Trinajstić information content (AvgIpc) is 3.41. The minimum absolute atomic E-state index is 0.0791. The molecule has 1 aliphatic heterocycles. The van der Waals surface area contributed by atoms with E-state index in [9.17, 15) is 19.6 Å². The quantitative estimate of drug-likeness (QED) is 0.134. The SMILES string of the molecule is CCCCOC(=O)c1cc(-c2ccc(/C=C3/C(=O)N(CCc4ccccc4)C(=O)C(C#N)=C3C)o2)ccc1Cl. The predicted octanol–water partition coefficient (Wildman–Crippen LogP) is 6.39. The van der Waals surface area contributed by atoms with Gasteiger partial charge >= 0.3 is 5.97 Å². The first-order valence-corrected chi connectivity index (χ1v) is 13.0. The van der Waals surface area contributed by atoms with Gasteiger partial charge in [0.1, 0.15) is 23.2 Å². The highest BCUT2D eigenvalue weighted by Crippen LogP contribution is 2.31. The van der Waals surface area contributed by atoms with Gasteiger partial charge in [0.25, 0.3) is 11.8 Å². The van der Waals surface area contributed by atoms with Crippen molar-refractivity contribution in [1.82, 2.24) is 4.90 Å². The molecule has 0 atom stereocenters. The van der Waals surface area contributed by atoms with Crippen LogP contribution in [0.4, 0.5) is 0 Å². The van der Waals surface area contributed by atoms with Crippen molar-refractivity contribution < 1.29 is 23.5 Å². The molecule has 0 N–H and O–H groups in total. The molecule has 0 bridgehead atoms. The highest BCUT2D eigenvalue weighted by atomic mass is 35.5. The summed E-state index contributed by atoms with van der Waals surface area (Å²) in [5.41, 5.74) is 2.23. The molecular weight excluding hydrogens is 516 g/mol. The number of nitrogens with zero attached hydrogens (tertiary/aromatic N) is 2. The van der Waals surface area contributed by atoms with Crippen LogP contribution < -0.4 is 0 Å². The fourth-order valence-corrected chi connectivity index (χ4v) is 4.36. The largest absolute Gasteiger partial charge is 0.462 e. The van der Waals surface area contributed by atoms with E-state index in [1.54, 1.807) is 37.3 Å². The monoisotopic (exact) mass is 542 g/mol. The molecule has 0 saturated carbocycles. The zero-order chi connectivity index (χ0) is 27.9. The maximum atomic E-state index is 13.4. The van der Waals surface area contributed by atoms with Crippen molar-refractivity contribution in [1.29, 1.82) is 5.26 Å². The number of esters is 1. The first-order valence-electron chi connectivity index (χ1n) is 12.6. The van der Waals surface area contributed by atoms with Crippen LogP contribution in [0.3, 0.4) is 0 Å². The van der Waals surface area contributed by atoms with E-state index in [-0.39, 0.29) is 28.3 Å². The van der Waals surface area contributed by atoms with E-state index < -0.39 is 17.8 Å². The van der Waals surface area contributed by atoms with Crippen LogP contribution in [0.1, 0.15) is 48.4 Å². The molecule has 2 amide bonds. The third-order valence-corrected chi connectivity index (χ3v) is 6.74. The lowest BCUT2D eigenvalue weighted by Gasteiger charge is -2.27. The number of imide groups is 1. The van der Waals surface area contributed by atoms with Gasteiger partial charge in [0, 0.05) is 17.7 Å². The van der Waals surface area contributed by atoms with Gasteiger partial charge in [0.2, 0.25) is 0 Å². The molecule has 39 heavy (non-hydrogen) atoms. The topological polar surface area (TPSA) is 101 Å². The predicted molar refractivity (Wildman–Crippen MR) is 148 cm³/mol. The van der Waals surface area contributed by atoms with Gasteiger partial charge < -0.3 is 9.15 Å². The number of amides is 2. The summed E-state index contributed by atoms with van der Waals surface area (Å²) in [6, 6.07) is 19.7. The van der Waals surface area contributed by atoms with Crippen molar-refractivity contribution >= 4 is 35.5 Å². The van der Waals surface area contributed by atoms with Gasteiger partial charge in [-0.05, 0) is 67.3 Å². The van der Waals surface area contributed by atoms with Crippen molar-refractivity contribution in [3.63, 3.8) is 0 Å². The second-order valence-corrected chi connectivity index (χ2v) is 9.46. The molecule has 0 fully saturated rings. The highest BCUT2D eigenvalue weighted by Gasteiger charge is 2.35. The van der Waals surface area contributed by atoms with Gasteiger partial charge in [0.15, 0.2) is 0 Å². The number of benzene rings is 2. The molecule has 8 heteroatoms. The van der Waals surface area contributed by atoms with Gasteiger partial charge in [-0.25, -0.2) is 4.79 Å². The number of carbonyl (C=O) groups is 3. The minimum Gasteiger partial charge on any atom is -0.462 e. The third kappa shape index (κ3) is 6.19. The molecule has 1 aliphatic rings. The van der Waals surface area contributed by atoms with E-state index in [0.29, 0.717) is 35.7 Å². The maximum absolute atomic E-state index is 13.4. The van der Waals surface area contributed by atoms with Gasteiger partial charge in [-0.15, -0.1) is 0 Å². The van der Waals surface area contributed by atoms with Crippen LogP contribution in [-0.2, 0) is 20.7 Å². The van der Waals surface area contributed by atoms with E-state index in [0.717, 1.165) is 23.3 Å². The van der Waals surface area contributed by atoms with Gasteiger partial charge in [-0.2, -0.15) is 5.26 Å². The highest BCUT2D eigenvalue weighted by molar-refractivity contribution is 6.33. The lowest BCUT2D eigenvalue weighted by molar-refractivity contribution is -0.140. The number of unbranched alkanes of at least 4 members (excludes halogenated alkanes) is 1. The van der Waals surface area contributed by atoms with E-state index in [1.165, 1.54) is 6.08 Å². The zero-order valence-corrected chi connectivity index (χ0v) is 22.5. The number of ether oxygens (including phenoxy) is 1. The summed E-state index contributed by atoms with van der Waals surface area (Å²) in [6.07, 6.45) is 3.65. The molecule has 2 heterocycles. The van der Waals surface area contributed by atoms with Crippen molar-refractivity contribution in [2.75, 3.05) is 13.2 Å². The molecule has 4 rings (SSSR count). The molecule has 0 radical (unpaired) electrons. The molecule has 7 nitrogen and oxygen atoms in total. The van der Waals surface area contributed by atoms with Crippen LogP contribution in [0.2, 0.25) is 5.02 Å². The van der Waals surface area contributed by atoms with Crippen molar-refractivity contribution in [3.05, 3.63) is 99.3 Å². The summed E-state index contributed by atoms with van der Waals surface area (Å²) in [5, 5.41) is 9.92. The molecule has 0 unspecified atom stereocenters. The Hall–Kier alpha value is -4.41. The number of hydrogen-bond donors (Lipinski definition) is 0. The zero-order valence-electron chi connectivity index (χ0n) is 21.7. The fourth-order valence-electron chi connectivity index (χ4n) is 4.17. The minimum atomic E-state index is -0.604. The Labute approximate surface area is 231 Å². The number of halogens is 1. The van der Waals surface area contributed by atoms with Crippen LogP contribution in [-0.4, -0.2) is 35.8 Å². The number of carbonyl (C=O) groups excluding carboxylic acids is 3. The van der Waals surface area contributed by atoms with E-state index in [1.807, 2.05) is 43.3 Å². The summed E-state index contributed by atoms with van der Waals surface area (Å²) in [5.74, 6) is -0.809. The lowest BCUT2D eigenvalue weighted by atomic mass is 9.94. The van der Waals surface area contributed by atoms with Crippen LogP contribution >= 0.6 is 11.6 Å². The molecule has 3 aromatic rings. The average molecular weight is 543 g/mol. The number of furan rings is 1. The summed E-state index contributed by atoms with van der Waals surface area (Å²) in [6.45, 7) is 4.03. The standard InChI is InChI=1S/C31H27ClN2O5/c1-3-4-16-38-31(37)25-17-22(10-12-27(25)32)28-13-11-23(39-28)18-24-20(2)26(19-33)30(36)34(29(24)35)15-14-21-8-6-5-7-9-21/h5-13,17-18H,3-4,14-16H2,1-2H3/b24-18+. The van der Waals surface area contributed by atoms with Gasteiger partial charge in [-0.3, -0.25) is 14.5 Å². The number of hydrogen-bond acceptors (Lipinski definition) is 6. The second-order valence-electron chi connectivity index (χ2n) is 9.05. The Morgan fingerprint density at radius 1 is 1.10 bits per heavy atom. The molecule has 0 spiro atoms. The van der Waals surface area contributed by atoms with Crippen molar-refractivity contribution in [2.24, 2.45) is 0 Å². The number of rotatable bonds is 9. The Morgan fingerprint density at radius 2 is 1.87 bits per heavy atom.